The lowest BCUT2D eigenvalue weighted by molar-refractivity contribution is -0.0987. The zero-order valence-electron chi connectivity index (χ0n) is 55.1. The number of hydrogen-bond donors (Lipinski definition) is 6. The summed E-state index contributed by atoms with van der Waals surface area (Å²) in [7, 11) is 5.62. The maximum Gasteiger partial charge on any atom is 0.364 e. The highest BCUT2D eigenvalue weighted by atomic mass is 28.4. The van der Waals surface area contributed by atoms with Crippen molar-refractivity contribution in [2.45, 2.75) is 115 Å². The average Bonchev–Trinajstić information content (AvgIpc) is 3.47. The largest absolute Gasteiger partial charge is 0.418 e. The monoisotopic (exact) mass is 1280 g/mol. The van der Waals surface area contributed by atoms with Gasteiger partial charge in [0, 0.05) is 127 Å². The van der Waals surface area contributed by atoms with Crippen molar-refractivity contribution in [3.63, 3.8) is 0 Å². The first-order valence-corrected chi connectivity index (χ1v) is 39.2. The molecule has 6 N–H and O–H groups in total. The van der Waals surface area contributed by atoms with Crippen LogP contribution in [0.2, 0.25) is 43.8 Å². The summed E-state index contributed by atoms with van der Waals surface area (Å²) in [6, 6.07) is 3.36. The van der Waals surface area contributed by atoms with Crippen molar-refractivity contribution in [3.05, 3.63) is 50.6 Å². The van der Waals surface area contributed by atoms with Gasteiger partial charge in [-0.05, 0) is 118 Å². The summed E-state index contributed by atoms with van der Waals surface area (Å²) in [5.74, 6) is 0. The molecule has 0 aromatic rings. The normalized spacial score (nSPS) is 13.1. The molecule has 27 heteroatoms. The van der Waals surface area contributed by atoms with Crippen molar-refractivity contribution < 1.29 is 90.2 Å². The molecule has 0 saturated carbocycles. The fraction of sp³-hybridized carbons (Fsp3) is 0.825. The minimum Gasteiger partial charge on any atom is -0.418 e. The van der Waals surface area contributed by atoms with Crippen LogP contribution in [0, 0.1) is 0 Å². The van der Waals surface area contributed by atoms with E-state index in [-0.39, 0.29) is 12.5 Å². The van der Waals surface area contributed by atoms with Crippen LogP contribution in [0.1, 0.15) is 46.5 Å². The van der Waals surface area contributed by atoms with Gasteiger partial charge >= 0.3 is 25.7 Å². The molecule has 23 nitrogen and oxygen atoms in total. The average molecular weight is 1280 g/mol. The predicted molar refractivity (Wildman–Crippen MR) is 348 cm³/mol. The highest BCUT2D eigenvalue weighted by Crippen LogP contribution is 2.17. The lowest BCUT2D eigenvalue weighted by Gasteiger charge is -2.26. The van der Waals surface area contributed by atoms with E-state index in [4.69, 9.17) is 59.5 Å². The van der Waals surface area contributed by atoms with Gasteiger partial charge in [-0.2, -0.15) is 0 Å². The van der Waals surface area contributed by atoms with Crippen LogP contribution >= 0.6 is 0 Å². The van der Waals surface area contributed by atoms with Crippen LogP contribution in [0.15, 0.2) is 50.6 Å². The minimum atomic E-state index is -2.44. The van der Waals surface area contributed by atoms with E-state index in [0.29, 0.717) is 104 Å². The summed E-state index contributed by atoms with van der Waals surface area (Å²) in [6.45, 7) is 42.5. The van der Waals surface area contributed by atoms with Crippen molar-refractivity contribution in [1.82, 2.24) is 19.6 Å². The molecule has 0 aliphatic heterocycles. The second kappa shape index (κ2) is 64.3. The van der Waals surface area contributed by atoms with E-state index in [9.17, 15) is 30.6 Å². The molecule has 0 aliphatic rings. The van der Waals surface area contributed by atoms with Crippen molar-refractivity contribution >= 4 is 47.6 Å². The smallest absolute Gasteiger partial charge is 0.364 e. The molecule has 0 spiro atoms. The summed E-state index contributed by atoms with van der Waals surface area (Å²) < 4.78 is 60.4. The molecule has 0 aromatic carbocycles. The van der Waals surface area contributed by atoms with E-state index in [0.717, 1.165) is 70.6 Å². The van der Waals surface area contributed by atoms with Crippen molar-refractivity contribution in [1.29, 1.82) is 0 Å². The predicted octanol–water partition coefficient (Wildman–Crippen LogP) is 4.04. The Balaban J connectivity index is -0.000000236. The maximum absolute atomic E-state index is 9.83. The number of aliphatic hydroxyl groups is 6. The quantitative estimate of drug-likeness (QED) is 0.0285. The molecule has 0 fully saturated rings. The van der Waals surface area contributed by atoms with Crippen molar-refractivity contribution in [3.8, 4) is 0 Å². The third kappa shape index (κ3) is 59.3. The Kier molecular flexibility index (Phi) is 71.6. The van der Waals surface area contributed by atoms with E-state index in [2.05, 4.69) is 46.0 Å². The summed E-state index contributed by atoms with van der Waals surface area (Å²) >= 11 is 0. The Labute approximate surface area is 514 Å². The molecular formula is C57H126N4O19Si4. The molecule has 0 rings (SSSR count). The first-order chi connectivity index (χ1) is 39.9. The van der Waals surface area contributed by atoms with Crippen LogP contribution in [0.4, 0.5) is 0 Å². The lowest BCUT2D eigenvalue weighted by Crippen LogP contribution is -2.44. The third-order valence-electron chi connectivity index (χ3n) is 12.2. The van der Waals surface area contributed by atoms with Crippen LogP contribution in [0.5, 0.6) is 0 Å². The Bertz CT molecular complexity index is 1370. The van der Waals surface area contributed by atoms with Gasteiger partial charge in [0.2, 0.25) is 0 Å². The van der Waals surface area contributed by atoms with Crippen LogP contribution in [-0.2, 0) is 59.5 Å². The third-order valence-corrected chi connectivity index (χ3v) is 24.0. The van der Waals surface area contributed by atoms with Crippen LogP contribution in [-0.4, -0.2) is 316 Å². The topological polar surface area (TPSA) is 270 Å². The SMILES string of the molecule is C=CCN(C)CC(O)COCCC[Si](C)(C)OCC.C=CCN(C)CC(O)COCCC[Si](C)(OCC)OCC.C=CCN(C)CC(O)COCCC[Si](CO)(OC)OC.C=CCN(C)CC(O)COCCC[Si](CO)(OC)OC.C=O.C=O. The number of nitrogens with zero attached hydrogens (tertiary/aromatic N) is 4. The molecule has 0 saturated heterocycles. The molecule has 0 heterocycles. The first-order valence-electron chi connectivity index (χ1n) is 29.1. The summed E-state index contributed by atoms with van der Waals surface area (Å²) in [5.41, 5.74) is 0. The van der Waals surface area contributed by atoms with Gasteiger partial charge in [-0.1, -0.05) is 24.3 Å². The number of rotatable bonds is 52. The lowest BCUT2D eigenvalue weighted by atomic mass is 10.3. The number of carbonyl (C=O) groups is 2. The van der Waals surface area contributed by atoms with Gasteiger partial charge in [0.25, 0.3) is 0 Å². The Morgan fingerprint density at radius 2 is 0.655 bits per heavy atom. The van der Waals surface area contributed by atoms with Crippen LogP contribution < -0.4 is 0 Å². The van der Waals surface area contributed by atoms with Crippen LogP contribution in [0.3, 0.4) is 0 Å². The van der Waals surface area contributed by atoms with E-state index in [1.165, 1.54) is 0 Å². The fourth-order valence-electron chi connectivity index (χ4n) is 7.94. The molecule has 4 unspecified atom stereocenters. The zero-order chi connectivity index (χ0) is 65.7. The minimum absolute atomic E-state index is 0.0605. The molecule has 504 valence electrons. The van der Waals surface area contributed by atoms with Crippen LogP contribution in [0.25, 0.3) is 0 Å². The summed E-state index contributed by atoms with van der Waals surface area (Å²) in [6.07, 6.45) is 8.59. The summed E-state index contributed by atoms with van der Waals surface area (Å²) in [4.78, 5) is 24.0. The Hall–Kier alpha value is -1.67. The van der Waals surface area contributed by atoms with Crippen molar-refractivity contribution in [2.75, 3.05) is 194 Å². The second-order valence-corrected chi connectivity index (χ2v) is 35.1. The van der Waals surface area contributed by atoms with Crippen molar-refractivity contribution in [2.24, 2.45) is 0 Å². The van der Waals surface area contributed by atoms with Gasteiger partial charge in [0.1, 0.15) is 13.6 Å². The van der Waals surface area contributed by atoms with Gasteiger partial charge in [-0.3, -0.25) is 0 Å². The maximum atomic E-state index is 9.83. The zero-order valence-corrected chi connectivity index (χ0v) is 59.1. The first kappa shape index (κ1) is 93.5. The van der Waals surface area contributed by atoms with Gasteiger partial charge in [0.05, 0.1) is 63.3 Å². The molecule has 0 bridgehead atoms. The molecule has 4 atom stereocenters. The van der Waals surface area contributed by atoms with Gasteiger partial charge < -0.3 is 110 Å². The second-order valence-electron chi connectivity index (χ2n) is 20.5. The van der Waals surface area contributed by atoms with E-state index >= 15 is 0 Å². The highest BCUT2D eigenvalue weighted by Gasteiger charge is 2.35. The molecule has 0 aliphatic carbocycles. The Morgan fingerprint density at radius 1 is 0.417 bits per heavy atom. The number of aliphatic hydroxyl groups excluding tert-OH is 6. The number of ether oxygens (including phenoxy) is 4. The van der Waals surface area contributed by atoms with E-state index in [1.54, 1.807) is 40.6 Å². The van der Waals surface area contributed by atoms with E-state index in [1.807, 2.05) is 94.3 Å². The number of hydrogen-bond acceptors (Lipinski definition) is 23. The summed E-state index contributed by atoms with van der Waals surface area (Å²) in [5, 5.41) is 57.7. The standard InChI is InChI=1S/C15H33NO4Si.C14H31NO3Si.2C13H29NO5Si.2CH2O/c1-6-10-16(4)13-15(17)14-18-11-9-12-21(5,19-7-2)20-8-3;1-6-9-15(3)12-14(16)13-17-10-8-11-19(4,5)18-7-2;2*1-5-7-14(2)10-13(16)11-19-8-6-9-20(12-15,17-3)18-4;2*1-2/h6,15,17H,1,7-14H2,2-5H3;6,14,16H,1,7-13H2,2-5H3;2*5,13,15-16H,1,6-12H2,2-4H3;2*1H2. The van der Waals surface area contributed by atoms with Gasteiger partial charge in [0.15, 0.2) is 8.32 Å². The van der Waals surface area contributed by atoms with Gasteiger partial charge in [-0.25, -0.2) is 0 Å². The fourth-order valence-corrected chi connectivity index (χ4v) is 15.6. The molecule has 0 aromatic heterocycles. The van der Waals surface area contributed by atoms with E-state index < -0.39 is 58.4 Å². The Morgan fingerprint density at radius 3 is 0.869 bits per heavy atom. The molecule has 84 heavy (non-hydrogen) atoms. The van der Waals surface area contributed by atoms with Gasteiger partial charge in [-0.15, -0.1) is 26.3 Å². The number of carbonyl (C=O) groups excluding carboxylic acids is 2. The molecule has 0 amide bonds. The molecule has 0 radical (unpaired) electrons. The molecular weight excluding hydrogens is 1160 g/mol. The number of likely N-dealkylation sites (N-methyl/N-ethyl adjacent to an activating group) is 4. The highest BCUT2D eigenvalue weighted by molar-refractivity contribution is 6.71.